The van der Waals surface area contributed by atoms with E-state index in [1.165, 1.54) is 4.90 Å². The summed E-state index contributed by atoms with van der Waals surface area (Å²) in [6.45, 7) is 1.51. The highest BCUT2D eigenvalue weighted by Crippen LogP contribution is 2.07. The van der Waals surface area contributed by atoms with E-state index in [1.807, 2.05) is 30.3 Å². The summed E-state index contributed by atoms with van der Waals surface area (Å²) in [6.07, 6.45) is -0.440. The van der Waals surface area contributed by atoms with Crippen molar-refractivity contribution in [2.45, 2.75) is 12.5 Å². The molecule has 1 heterocycles. The lowest BCUT2D eigenvalue weighted by atomic mass is 10.1. The van der Waals surface area contributed by atoms with Crippen LogP contribution in [-0.4, -0.2) is 59.1 Å². The molecule has 6 heteroatoms. The molecule has 1 aliphatic heterocycles. The number of carbonyl (C=O) groups is 2. The van der Waals surface area contributed by atoms with Crippen LogP contribution in [0.4, 0.5) is 4.79 Å². The largest absolute Gasteiger partial charge is 0.465 e. The van der Waals surface area contributed by atoms with Gasteiger partial charge in [0.15, 0.2) is 0 Å². The molecule has 1 aromatic rings. The fraction of sp³-hybridized carbons (Fsp3) is 0.429. The first-order chi connectivity index (χ1) is 9.58. The van der Waals surface area contributed by atoms with Gasteiger partial charge in [0.2, 0.25) is 5.91 Å². The number of carbonyl (C=O) groups excluding carboxylic acids is 1. The van der Waals surface area contributed by atoms with E-state index >= 15 is 0 Å². The predicted octanol–water partition coefficient (Wildman–Crippen LogP) is 0.379. The second kappa shape index (κ2) is 6.38. The Labute approximate surface area is 117 Å². The zero-order valence-corrected chi connectivity index (χ0v) is 11.2. The topological polar surface area (TPSA) is 86.9 Å². The number of benzene rings is 1. The van der Waals surface area contributed by atoms with Crippen LogP contribution in [-0.2, 0) is 11.2 Å². The third kappa shape index (κ3) is 3.48. The number of carboxylic acid groups (broad SMARTS) is 1. The number of hydrogen-bond acceptors (Lipinski definition) is 3. The molecular formula is C14H19N3O3. The second-order valence-corrected chi connectivity index (χ2v) is 4.89. The minimum atomic E-state index is -0.939. The molecule has 1 saturated heterocycles. The first-order valence-electron chi connectivity index (χ1n) is 6.64. The van der Waals surface area contributed by atoms with E-state index in [2.05, 4.69) is 0 Å². The van der Waals surface area contributed by atoms with Crippen LogP contribution >= 0.6 is 0 Å². The van der Waals surface area contributed by atoms with Crippen LogP contribution < -0.4 is 5.73 Å². The van der Waals surface area contributed by atoms with Gasteiger partial charge in [0, 0.05) is 26.2 Å². The van der Waals surface area contributed by atoms with Gasteiger partial charge >= 0.3 is 6.09 Å². The maximum atomic E-state index is 12.2. The lowest BCUT2D eigenvalue weighted by molar-refractivity contribution is -0.134. The van der Waals surface area contributed by atoms with Gasteiger partial charge in [-0.3, -0.25) is 4.79 Å². The molecule has 2 amide bonds. The van der Waals surface area contributed by atoms with Crippen LogP contribution in [0.5, 0.6) is 0 Å². The van der Waals surface area contributed by atoms with Gasteiger partial charge in [0.25, 0.3) is 0 Å². The van der Waals surface area contributed by atoms with Crippen LogP contribution in [0.1, 0.15) is 5.56 Å². The minimum Gasteiger partial charge on any atom is -0.465 e. The van der Waals surface area contributed by atoms with Gasteiger partial charge in [-0.1, -0.05) is 30.3 Å². The molecule has 6 nitrogen and oxygen atoms in total. The molecule has 1 aliphatic rings. The number of piperazine rings is 1. The first-order valence-corrected chi connectivity index (χ1v) is 6.64. The molecule has 0 unspecified atom stereocenters. The van der Waals surface area contributed by atoms with Crippen molar-refractivity contribution in [3.05, 3.63) is 35.9 Å². The number of hydrogen-bond donors (Lipinski definition) is 2. The van der Waals surface area contributed by atoms with Crippen LogP contribution in [0, 0.1) is 0 Å². The van der Waals surface area contributed by atoms with Crippen molar-refractivity contribution in [2.24, 2.45) is 5.73 Å². The number of amides is 2. The molecule has 0 aromatic heterocycles. The maximum Gasteiger partial charge on any atom is 0.407 e. The second-order valence-electron chi connectivity index (χ2n) is 4.89. The average Bonchev–Trinajstić information content (AvgIpc) is 2.47. The summed E-state index contributed by atoms with van der Waals surface area (Å²) in [5.74, 6) is -0.112. The van der Waals surface area contributed by atoms with Crippen LogP contribution in [0.15, 0.2) is 30.3 Å². The average molecular weight is 277 g/mol. The molecule has 1 aromatic carbocycles. The summed E-state index contributed by atoms with van der Waals surface area (Å²) < 4.78 is 0. The van der Waals surface area contributed by atoms with Gasteiger partial charge < -0.3 is 20.6 Å². The zero-order valence-electron chi connectivity index (χ0n) is 11.2. The van der Waals surface area contributed by atoms with Crippen molar-refractivity contribution < 1.29 is 14.7 Å². The van der Waals surface area contributed by atoms with Gasteiger partial charge in [0.1, 0.15) is 0 Å². The van der Waals surface area contributed by atoms with E-state index in [-0.39, 0.29) is 5.91 Å². The van der Waals surface area contributed by atoms with Crippen molar-refractivity contribution in [2.75, 3.05) is 26.2 Å². The zero-order chi connectivity index (χ0) is 14.5. The van der Waals surface area contributed by atoms with Crippen LogP contribution in [0.3, 0.4) is 0 Å². The maximum absolute atomic E-state index is 12.2. The Morgan fingerprint density at radius 1 is 1.10 bits per heavy atom. The molecule has 2 rings (SSSR count). The van der Waals surface area contributed by atoms with E-state index in [9.17, 15) is 9.59 Å². The summed E-state index contributed by atoms with van der Waals surface area (Å²) in [4.78, 5) is 26.0. The Hall–Kier alpha value is -2.08. The SMILES string of the molecule is N[C@@H](Cc1ccccc1)C(=O)N1CCN(C(=O)O)CC1. The molecule has 0 saturated carbocycles. The molecule has 1 atom stereocenters. The Morgan fingerprint density at radius 3 is 2.20 bits per heavy atom. The third-order valence-electron chi connectivity index (χ3n) is 3.48. The summed E-state index contributed by atoms with van der Waals surface area (Å²) in [7, 11) is 0. The molecule has 3 N–H and O–H groups in total. The van der Waals surface area contributed by atoms with Crippen LogP contribution in [0.25, 0.3) is 0 Å². The van der Waals surface area contributed by atoms with E-state index in [0.717, 1.165) is 5.56 Å². The molecule has 20 heavy (non-hydrogen) atoms. The Balaban J connectivity index is 1.87. The monoisotopic (exact) mass is 277 g/mol. The number of nitrogens with two attached hydrogens (primary N) is 1. The molecule has 0 aliphatic carbocycles. The van der Waals surface area contributed by atoms with E-state index in [4.69, 9.17) is 10.8 Å². The summed E-state index contributed by atoms with van der Waals surface area (Å²) in [5.41, 5.74) is 6.98. The van der Waals surface area contributed by atoms with Gasteiger partial charge in [-0.05, 0) is 12.0 Å². The fourth-order valence-electron chi connectivity index (χ4n) is 2.31. The van der Waals surface area contributed by atoms with Crippen molar-refractivity contribution in [1.29, 1.82) is 0 Å². The molecule has 0 radical (unpaired) electrons. The molecule has 0 bridgehead atoms. The van der Waals surface area contributed by atoms with E-state index < -0.39 is 12.1 Å². The van der Waals surface area contributed by atoms with Crippen molar-refractivity contribution >= 4 is 12.0 Å². The summed E-state index contributed by atoms with van der Waals surface area (Å²) in [5, 5.41) is 8.86. The Kier molecular flexibility index (Phi) is 4.57. The van der Waals surface area contributed by atoms with Crippen molar-refractivity contribution in [3.63, 3.8) is 0 Å². The highest BCUT2D eigenvalue weighted by atomic mass is 16.4. The molecule has 108 valence electrons. The highest BCUT2D eigenvalue weighted by molar-refractivity contribution is 5.82. The van der Waals surface area contributed by atoms with Crippen LogP contribution in [0.2, 0.25) is 0 Å². The quantitative estimate of drug-likeness (QED) is 0.836. The number of rotatable bonds is 3. The summed E-state index contributed by atoms with van der Waals surface area (Å²) in [6, 6.07) is 9.05. The molecule has 1 fully saturated rings. The molecular weight excluding hydrogens is 258 g/mol. The van der Waals surface area contributed by atoms with E-state index in [0.29, 0.717) is 32.6 Å². The van der Waals surface area contributed by atoms with Gasteiger partial charge in [0.05, 0.1) is 6.04 Å². The van der Waals surface area contributed by atoms with Gasteiger partial charge in [-0.25, -0.2) is 4.79 Å². The molecule has 0 spiro atoms. The number of nitrogens with zero attached hydrogens (tertiary/aromatic N) is 2. The first kappa shape index (κ1) is 14.3. The standard InChI is InChI=1S/C14H19N3O3/c15-12(10-11-4-2-1-3-5-11)13(18)16-6-8-17(9-7-16)14(19)20/h1-5,12H,6-10,15H2,(H,19,20)/t12-/m0/s1. The summed E-state index contributed by atoms with van der Waals surface area (Å²) >= 11 is 0. The fourth-order valence-corrected chi connectivity index (χ4v) is 2.31. The lowest BCUT2D eigenvalue weighted by Gasteiger charge is -2.34. The normalized spacial score (nSPS) is 16.9. The predicted molar refractivity (Wildman–Crippen MR) is 74.3 cm³/mol. The third-order valence-corrected chi connectivity index (χ3v) is 3.48. The Bertz CT molecular complexity index is 470. The smallest absolute Gasteiger partial charge is 0.407 e. The van der Waals surface area contributed by atoms with E-state index in [1.54, 1.807) is 4.90 Å². The van der Waals surface area contributed by atoms with Gasteiger partial charge in [-0.15, -0.1) is 0 Å². The van der Waals surface area contributed by atoms with Crippen molar-refractivity contribution in [1.82, 2.24) is 9.80 Å². The minimum absolute atomic E-state index is 0.112. The van der Waals surface area contributed by atoms with Gasteiger partial charge in [-0.2, -0.15) is 0 Å². The Morgan fingerprint density at radius 2 is 1.65 bits per heavy atom. The lowest BCUT2D eigenvalue weighted by Crippen LogP contribution is -2.54. The van der Waals surface area contributed by atoms with Crippen molar-refractivity contribution in [3.8, 4) is 0 Å². The highest BCUT2D eigenvalue weighted by Gasteiger charge is 2.26.